The van der Waals surface area contributed by atoms with Crippen molar-refractivity contribution >= 4 is 17.7 Å². The second kappa shape index (κ2) is 6.78. The lowest BCUT2D eigenvalue weighted by Gasteiger charge is -2.36. The van der Waals surface area contributed by atoms with Gasteiger partial charge in [0.2, 0.25) is 0 Å². The topological polar surface area (TPSA) is 65.1 Å². The first kappa shape index (κ1) is 18.8. The highest BCUT2D eigenvalue weighted by Crippen LogP contribution is 2.44. The van der Waals surface area contributed by atoms with Crippen LogP contribution in [0.15, 0.2) is 30.9 Å². The fraction of sp³-hybridized carbons (Fsp3) is 0.474. The zero-order chi connectivity index (χ0) is 18.8. The first-order valence-corrected chi connectivity index (χ1v) is 8.08. The standard InChI is InChI=1S/C19H25NO5/c1-7-10-19(16(21)24-6)12-13-8-9-14(23-5)11-15(13)20(19)17(22)25-18(2,3)4/h7-9,11H,1,10,12H2,2-6H3. The van der Waals surface area contributed by atoms with Crippen LogP contribution in [0.1, 0.15) is 32.8 Å². The largest absolute Gasteiger partial charge is 0.497 e. The van der Waals surface area contributed by atoms with E-state index in [1.54, 1.807) is 46.1 Å². The van der Waals surface area contributed by atoms with Gasteiger partial charge in [0.25, 0.3) is 0 Å². The predicted octanol–water partition coefficient (Wildman–Crippen LogP) is 3.48. The van der Waals surface area contributed by atoms with Gasteiger partial charge in [0.15, 0.2) is 5.54 Å². The number of methoxy groups -OCH3 is 2. The van der Waals surface area contributed by atoms with Crippen LogP contribution in [0.25, 0.3) is 0 Å². The van der Waals surface area contributed by atoms with E-state index < -0.39 is 23.2 Å². The molecule has 1 amide bonds. The molecule has 25 heavy (non-hydrogen) atoms. The summed E-state index contributed by atoms with van der Waals surface area (Å²) in [5.74, 6) is 0.0833. The fourth-order valence-electron chi connectivity index (χ4n) is 3.07. The number of hydrogen-bond donors (Lipinski definition) is 0. The van der Waals surface area contributed by atoms with Crippen LogP contribution in [0.2, 0.25) is 0 Å². The maximum atomic E-state index is 13.0. The SMILES string of the molecule is C=CCC1(C(=O)OC)Cc2ccc(OC)cc2N1C(=O)OC(C)(C)C. The summed E-state index contributed by atoms with van der Waals surface area (Å²) in [5, 5.41) is 0. The number of anilines is 1. The first-order chi connectivity index (χ1) is 11.7. The van der Waals surface area contributed by atoms with Gasteiger partial charge in [-0.25, -0.2) is 9.59 Å². The van der Waals surface area contributed by atoms with E-state index in [0.717, 1.165) is 5.56 Å². The number of carbonyl (C=O) groups is 2. The van der Waals surface area contributed by atoms with Crippen LogP contribution in [-0.4, -0.2) is 37.4 Å². The summed E-state index contributed by atoms with van der Waals surface area (Å²) in [6.45, 7) is 9.08. The van der Waals surface area contributed by atoms with Crippen molar-refractivity contribution in [3.63, 3.8) is 0 Å². The van der Waals surface area contributed by atoms with Gasteiger partial charge in [0.1, 0.15) is 11.4 Å². The highest BCUT2D eigenvalue weighted by atomic mass is 16.6. The van der Waals surface area contributed by atoms with Gasteiger partial charge in [0.05, 0.1) is 19.9 Å². The molecule has 1 aliphatic rings. The molecule has 1 heterocycles. The Morgan fingerprint density at radius 1 is 1.32 bits per heavy atom. The van der Waals surface area contributed by atoms with Crippen LogP contribution in [0.3, 0.4) is 0 Å². The average Bonchev–Trinajstić information content (AvgIpc) is 2.86. The van der Waals surface area contributed by atoms with Crippen molar-refractivity contribution in [2.24, 2.45) is 0 Å². The molecule has 136 valence electrons. The lowest BCUT2D eigenvalue weighted by atomic mass is 9.90. The summed E-state index contributed by atoms with van der Waals surface area (Å²) in [5.41, 5.74) is -0.484. The Kier molecular flexibility index (Phi) is 5.11. The summed E-state index contributed by atoms with van der Waals surface area (Å²) >= 11 is 0. The lowest BCUT2D eigenvalue weighted by molar-refractivity contribution is -0.146. The molecule has 2 rings (SSSR count). The van der Waals surface area contributed by atoms with Crippen molar-refractivity contribution < 1.29 is 23.8 Å². The van der Waals surface area contributed by atoms with Crippen molar-refractivity contribution in [3.05, 3.63) is 36.4 Å². The van der Waals surface area contributed by atoms with E-state index in [1.807, 2.05) is 6.07 Å². The number of amides is 1. The number of nitrogens with zero attached hydrogens (tertiary/aromatic N) is 1. The molecule has 1 aromatic rings. The zero-order valence-electron chi connectivity index (χ0n) is 15.4. The Bertz CT molecular complexity index is 692. The summed E-state index contributed by atoms with van der Waals surface area (Å²) in [6.07, 6.45) is 1.57. The molecule has 0 fully saturated rings. The van der Waals surface area contributed by atoms with E-state index in [-0.39, 0.29) is 6.42 Å². The van der Waals surface area contributed by atoms with Crippen molar-refractivity contribution in [2.45, 2.75) is 44.8 Å². The van der Waals surface area contributed by atoms with Crippen molar-refractivity contribution in [1.29, 1.82) is 0 Å². The van der Waals surface area contributed by atoms with Crippen LogP contribution in [0, 0.1) is 0 Å². The Morgan fingerprint density at radius 2 is 2.00 bits per heavy atom. The number of rotatable bonds is 4. The molecular weight excluding hydrogens is 322 g/mol. The van der Waals surface area contributed by atoms with Crippen LogP contribution in [0.4, 0.5) is 10.5 Å². The van der Waals surface area contributed by atoms with Gasteiger partial charge < -0.3 is 14.2 Å². The second-order valence-corrected chi connectivity index (χ2v) is 7.00. The van der Waals surface area contributed by atoms with E-state index in [1.165, 1.54) is 12.0 Å². The number of benzene rings is 1. The molecule has 0 aromatic heterocycles. The molecule has 1 aliphatic heterocycles. The van der Waals surface area contributed by atoms with E-state index in [9.17, 15) is 9.59 Å². The number of esters is 1. The molecule has 1 unspecified atom stereocenters. The minimum Gasteiger partial charge on any atom is -0.497 e. The third-order valence-corrected chi connectivity index (χ3v) is 4.07. The summed E-state index contributed by atoms with van der Waals surface area (Å²) in [4.78, 5) is 27.0. The molecule has 0 N–H and O–H groups in total. The monoisotopic (exact) mass is 347 g/mol. The van der Waals surface area contributed by atoms with E-state index >= 15 is 0 Å². The van der Waals surface area contributed by atoms with Crippen LogP contribution >= 0.6 is 0 Å². The number of hydrogen-bond acceptors (Lipinski definition) is 5. The Labute approximate surface area is 148 Å². The third kappa shape index (κ3) is 3.48. The highest BCUT2D eigenvalue weighted by molar-refractivity contribution is 6.02. The van der Waals surface area contributed by atoms with Gasteiger partial charge in [-0.1, -0.05) is 12.1 Å². The molecule has 6 heteroatoms. The Hall–Kier alpha value is -2.50. The minimum absolute atomic E-state index is 0.246. The Balaban J connectivity index is 2.61. The van der Waals surface area contributed by atoms with E-state index in [2.05, 4.69) is 6.58 Å². The molecule has 6 nitrogen and oxygen atoms in total. The van der Waals surface area contributed by atoms with Gasteiger partial charge in [-0.2, -0.15) is 0 Å². The number of carbonyl (C=O) groups excluding carboxylic acids is 2. The molecule has 0 saturated heterocycles. The van der Waals surface area contributed by atoms with Crippen LogP contribution in [-0.2, 0) is 20.7 Å². The molecule has 1 atom stereocenters. The molecule has 0 saturated carbocycles. The molecule has 0 spiro atoms. The maximum absolute atomic E-state index is 13.0. The van der Waals surface area contributed by atoms with Crippen molar-refractivity contribution in [3.8, 4) is 5.75 Å². The number of fused-ring (bicyclic) bond motifs is 1. The summed E-state index contributed by atoms with van der Waals surface area (Å²) in [6, 6.07) is 5.37. The predicted molar refractivity (Wildman–Crippen MR) is 95.0 cm³/mol. The zero-order valence-corrected chi connectivity index (χ0v) is 15.4. The van der Waals surface area contributed by atoms with Gasteiger partial charge in [-0.15, -0.1) is 6.58 Å². The maximum Gasteiger partial charge on any atom is 0.415 e. The summed E-state index contributed by atoms with van der Waals surface area (Å²) in [7, 11) is 2.86. The number of ether oxygens (including phenoxy) is 3. The lowest BCUT2D eigenvalue weighted by Crippen LogP contribution is -2.57. The molecule has 0 aliphatic carbocycles. The molecule has 1 aromatic carbocycles. The second-order valence-electron chi connectivity index (χ2n) is 7.00. The van der Waals surface area contributed by atoms with Crippen molar-refractivity contribution in [1.82, 2.24) is 0 Å². The third-order valence-electron chi connectivity index (χ3n) is 4.07. The minimum atomic E-state index is -1.21. The quantitative estimate of drug-likeness (QED) is 0.616. The fourth-order valence-corrected chi connectivity index (χ4v) is 3.07. The van der Waals surface area contributed by atoms with Gasteiger partial charge in [-0.05, 0) is 38.8 Å². The van der Waals surface area contributed by atoms with Gasteiger partial charge in [-0.3, -0.25) is 4.90 Å². The van der Waals surface area contributed by atoms with E-state index in [0.29, 0.717) is 17.9 Å². The van der Waals surface area contributed by atoms with Gasteiger partial charge in [0, 0.05) is 12.5 Å². The Morgan fingerprint density at radius 3 is 2.52 bits per heavy atom. The average molecular weight is 347 g/mol. The van der Waals surface area contributed by atoms with Gasteiger partial charge >= 0.3 is 12.1 Å². The van der Waals surface area contributed by atoms with E-state index in [4.69, 9.17) is 14.2 Å². The first-order valence-electron chi connectivity index (χ1n) is 8.08. The van der Waals surface area contributed by atoms with Crippen LogP contribution < -0.4 is 9.64 Å². The normalized spacial score (nSPS) is 19.2. The molecule has 0 radical (unpaired) electrons. The molecular formula is C19H25NO5. The van der Waals surface area contributed by atoms with Crippen molar-refractivity contribution in [2.75, 3.05) is 19.1 Å². The molecule has 0 bridgehead atoms. The van der Waals surface area contributed by atoms with Crippen LogP contribution in [0.5, 0.6) is 5.75 Å². The smallest absolute Gasteiger partial charge is 0.415 e. The summed E-state index contributed by atoms with van der Waals surface area (Å²) < 4.78 is 15.8. The highest BCUT2D eigenvalue weighted by Gasteiger charge is 2.54.